The lowest BCUT2D eigenvalue weighted by Crippen LogP contribution is -2.72. The summed E-state index contributed by atoms with van der Waals surface area (Å²) in [6.07, 6.45) is 10.5. The van der Waals surface area contributed by atoms with Crippen LogP contribution in [0.2, 0.25) is 0 Å². The van der Waals surface area contributed by atoms with Crippen molar-refractivity contribution in [2.45, 2.75) is 74.8 Å². The van der Waals surface area contributed by atoms with Crippen molar-refractivity contribution in [3.05, 3.63) is 29.3 Å². The van der Waals surface area contributed by atoms with Gasteiger partial charge >= 0.3 is 0 Å². The zero-order chi connectivity index (χ0) is 16.4. The maximum atomic E-state index is 11.9. The minimum absolute atomic E-state index is 0.127. The first kappa shape index (κ1) is 15.2. The van der Waals surface area contributed by atoms with Crippen LogP contribution >= 0.6 is 0 Å². The standard InChI is InChI=1S/C21H29NO2/c23-17-7-6-16-12-19-21(24)9-2-1-8-20(21,18(16)13-17)10-11-22(19)14-15-4-3-5-15/h6-7,13,15,19,23-24H,1-5,8-12,14H2/t19-,20+,21-/m0/s1. The molecule has 1 saturated heterocycles. The molecule has 2 saturated carbocycles. The number of likely N-dealkylation sites (tertiary alicyclic amines) is 1. The van der Waals surface area contributed by atoms with Crippen LogP contribution in [0.3, 0.4) is 0 Å². The van der Waals surface area contributed by atoms with E-state index in [1.54, 1.807) is 0 Å². The molecule has 0 unspecified atom stereocenters. The lowest BCUT2D eigenvalue weighted by atomic mass is 9.49. The largest absolute Gasteiger partial charge is 0.508 e. The zero-order valence-corrected chi connectivity index (χ0v) is 14.5. The van der Waals surface area contributed by atoms with E-state index >= 15 is 0 Å². The number of rotatable bonds is 2. The van der Waals surface area contributed by atoms with E-state index in [0.717, 1.165) is 44.6 Å². The molecule has 3 atom stereocenters. The topological polar surface area (TPSA) is 43.7 Å². The van der Waals surface area contributed by atoms with Crippen molar-refractivity contribution in [3.63, 3.8) is 0 Å². The summed E-state index contributed by atoms with van der Waals surface area (Å²) in [6, 6.07) is 6.17. The first-order valence-electron chi connectivity index (χ1n) is 9.91. The SMILES string of the molecule is Oc1ccc2c(c1)[C@]13CCCC[C@]1(O)[C@H](C2)N(CC1CCC1)CC3. The Labute approximate surface area is 144 Å². The van der Waals surface area contributed by atoms with E-state index in [2.05, 4.69) is 11.0 Å². The summed E-state index contributed by atoms with van der Waals surface area (Å²) in [7, 11) is 0. The van der Waals surface area contributed by atoms with Crippen LogP contribution < -0.4 is 0 Å². The molecule has 0 aromatic heterocycles. The minimum atomic E-state index is -0.603. The van der Waals surface area contributed by atoms with Gasteiger partial charge in [-0.1, -0.05) is 25.3 Å². The van der Waals surface area contributed by atoms with Gasteiger partial charge in [0.15, 0.2) is 0 Å². The van der Waals surface area contributed by atoms with Gasteiger partial charge in [0.1, 0.15) is 5.75 Å². The molecule has 0 radical (unpaired) electrons. The highest BCUT2D eigenvalue weighted by molar-refractivity contribution is 5.48. The van der Waals surface area contributed by atoms with Crippen molar-refractivity contribution in [2.75, 3.05) is 13.1 Å². The molecule has 24 heavy (non-hydrogen) atoms. The number of hydrogen-bond donors (Lipinski definition) is 2. The quantitative estimate of drug-likeness (QED) is 0.875. The van der Waals surface area contributed by atoms with Crippen LogP contribution in [0.5, 0.6) is 5.75 Å². The van der Waals surface area contributed by atoms with Gasteiger partial charge in [-0.15, -0.1) is 0 Å². The van der Waals surface area contributed by atoms with Gasteiger partial charge in [0.25, 0.3) is 0 Å². The van der Waals surface area contributed by atoms with Gasteiger partial charge in [-0.3, -0.25) is 4.90 Å². The molecule has 3 fully saturated rings. The van der Waals surface area contributed by atoms with Crippen LogP contribution in [0, 0.1) is 5.92 Å². The summed E-state index contributed by atoms with van der Waals surface area (Å²) in [4.78, 5) is 2.63. The van der Waals surface area contributed by atoms with Crippen molar-refractivity contribution >= 4 is 0 Å². The van der Waals surface area contributed by atoms with Gasteiger partial charge in [-0.25, -0.2) is 0 Å². The lowest BCUT2D eigenvalue weighted by molar-refractivity contribution is -0.169. The third-order valence-electron chi connectivity index (χ3n) is 7.80. The van der Waals surface area contributed by atoms with Crippen molar-refractivity contribution in [3.8, 4) is 5.75 Å². The molecule has 3 aliphatic carbocycles. The Balaban J connectivity index is 1.59. The summed E-state index contributed by atoms with van der Waals surface area (Å²) in [5, 5.41) is 22.0. The second-order valence-corrected chi connectivity index (χ2v) is 8.82. The predicted molar refractivity (Wildman–Crippen MR) is 94.2 cm³/mol. The molecule has 3 nitrogen and oxygen atoms in total. The van der Waals surface area contributed by atoms with E-state index in [1.165, 1.54) is 43.4 Å². The Morgan fingerprint density at radius 1 is 1.08 bits per heavy atom. The molecule has 2 N–H and O–H groups in total. The highest BCUT2D eigenvalue weighted by Crippen LogP contribution is 2.58. The number of hydrogen-bond acceptors (Lipinski definition) is 3. The minimum Gasteiger partial charge on any atom is -0.508 e. The highest BCUT2D eigenvalue weighted by atomic mass is 16.3. The Morgan fingerprint density at radius 3 is 2.71 bits per heavy atom. The van der Waals surface area contributed by atoms with Crippen LogP contribution in [0.1, 0.15) is 62.5 Å². The Kier molecular flexibility index (Phi) is 3.31. The number of aromatic hydroxyl groups is 1. The van der Waals surface area contributed by atoms with Crippen molar-refractivity contribution < 1.29 is 10.2 Å². The van der Waals surface area contributed by atoms with E-state index in [4.69, 9.17) is 0 Å². The van der Waals surface area contributed by atoms with Gasteiger partial charge in [0, 0.05) is 18.0 Å². The molecule has 4 aliphatic rings. The predicted octanol–water partition coefficient (Wildman–Crippen LogP) is 3.37. The van der Waals surface area contributed by atoms with Gasteiger partial charge in [-0.05, 0) is 74.2 Å². The number of aliphatic hydroxyl groups is 1. The number of piperidine rings is 1. The summed E-state index contributed by atoms with van der Waals surface area (Å²) in [5.41, 5.74) is 1.89. The molecule has 0 amide bonds. The van der Waals surface area contributed by atoms with E-state index < -0.39 is 5.60 Å². The zero-order valence-electron chi connectivity index (χ0n) is 14.5. The third kappa shape index (κ3) is 1.91. The van der Waals surface area contributed by atoms with E-state index in [1.807, 2.05) is 12.1 Å². The van der Waals surface area contributed by atoms with Gasteiger partial charge in [-0.2, -0.15) is 0 Å². The number of phenolic OH excluding ortho intramolecular Hbond substituents is 1. The van der Waals surface area contributed by atoms with Gasteiger partial charge < -0.3 is 10.2 Å². The first-order valence-corrected chi connectivity index (χ1v) is 9.91. The summed E-state index contributed by atoms with van der Waals surface area (Å²) in [6.45, 7) is 2.29. The molecule has 1 aromatic rings. The lowest BCUT2D eigenvalue weighted by Gasteiger charge is -2.64. The first-order chi connectivity index (χ1) is 11.6. The third-order valence-corrected chi connectivity index (χ3v) is 7.80. The fraction of sp³-hybridized carbons (Fsp3) is 0.714. The number of phenols is 1. The second kappa shape index (κ2) is 5.22. The molecular weight excluding hydrogens is 298 g/mol. The average Bonchev–Trinajstić information content (AvgIpc) is 2.53. The van der Waals surface area contributed by atoms with Crippen LogP contribution in [0.25, 0.3) is 0 Å². The molecule has 1 heterocycles. The molecule has 1 aromatic carbocycles. The van der Waals surface area contributed by atoms with Crippen molar-refractivity contribution in [1.82, 2.24) is 4.90 Å². The molecule has 0 spiro atoms. The number of nitrogens with zero attached hydrogens (tertiary/aromatic N) is 1. The van der Waals surface area contributed by atoms with Crippen LogP contribution in [-0.4, -0.2) is 39.8 Å². The maximum absolute atomic E-state index is 11.9. The van der Waals surface area contributed by atoms with E-state index in [0.29, 0.717) is 5.75 Å². The van der Waals surface area contributed by atoms with E-state index in [9.17, 15) is 10.2 Å². The number of benzene rings is 1. The van der Waals surface area contributed by atoms with Gasteiger partial charge in [0.2, 0.25) is 0 Å². The van der Waals surface area contributed by atoms with Gasteiger partial charge in [0.05, 0.1) is 5.60 Å². The highest BCUT2D eigenvalue weighted by Gasteiger charge is 2.63. The molecule has 5 rings (SSSR count). The fourth-order valence-corrected chi connectivity index (χ4v) is 6.32. The Bertz CT molecular complexity index is 655. The smallest absolute Gasteiger partial charge is 0.115 e. The van der Waals surface area contributed by atoms with Crippen LogP contribution in [0.15, 0.2) is 18.2 Å². The molecule has 1 aliphatic heterocycles. The van der Waals surface area contributed by atoms with Crippen LogP contribution in [-0.2, 0) is 11.8 Å². The molecule has 3 heteroatoms. The fourth-order valence-electron chi connectivity index (χ4n) is 6.32. The normalized spacial score (nSPS) is 39.0. The Morgan fingerprint density at radius 2 is 1.92 bits per heavy atom. The summed E-state index contributed by atoms with van der Waals surface area (Å²) in [5.74, 6) is 1.21. The molecular formula is C21H29NO2. The van der Waals surface area contributed by atoms with E-state index in [-0.39, 0.29) is 11.5 Å². The monoisotopic (exact) mass is 327 g/mol. The average molecular weight is 327 g/mol. The summed E-state index contributed by atoms with van der Waals surface area (Å²) < 4.78 is 0. The van der Waals surface area contributed by atoms with Crippen LogP contribution in [0.4, 0.5) is 0 Å². The maximum Gasteiger partial charge on any atom is 0.115 e. The Hall–Kier alpha value is -1.06. The molecule has 130 valence electrons. The molecule has 2 bridgehead atoms. The second-order valence-electron chi connectivity index (χ2n) is 8.82. The number of fused-ring (bicyclic) bond motifs is 1. The van der Waals surface area contributed by atoms with Crippen molar-refractivity contribution in [1.29, 1.82) is 0 Å². The summed E-state index contributed by atoms with van der Waals surface area (Å²) >= 11 is 0. The van der Waals surface area contributed by atoms with Crippen molar-refractivity contribution in [2.24, 2.45) is 5.92 Å².